The van der Waals surface area contributed by atoms with E-state index in [1.165, 1.54) is 4.90 Å². The number of hydrogen-bond donors (Lipinski definition) is 1. The van der Waals surface area contributed by atoms with E-state index in [9.17, 15) is 0 Å². The second-order valence-corrected chi connectivity index (χ2v) is 1.60. The van der Waals surface area contributed by atoms with Crippen molar-refractivity contribution in [2.45, 2.75) is 0 Å². The summed E-state index contributed by atoms with van der Waals surface area (Å²) < 4.78 is 4.72. The van der Waals surface area contributed by atoms with Crippen molar-refractivity contribution in [2.24, 2.45) is 4.99 Å². The van der Waals surface area contributed by atoms with Gasteiger partial charge in [-0.15, -0.1) is 0 Å². The molecule has 0 spiro atoms. The molecule has 0 fully saturated rings. The molecular weight excluding hydrogens is 118 g/mol. The van der Waals surface area contributed by atoms with E-state index in [1.54, 1.807) is 14.2 Å². The minimum Gasteiger partial charge on any atom is -0.364 e. The molecule has 0 aliphatic rings. The lowest BCUT2D eigenvalue weighted by atomic mass is 10.8. The van der Waals surface area contributed by atoms with Crippen LogP contribution in [0.25, 0.3) is 0 Å². The molecule has 0 saturated heterocycles. The summed E-state index contributed by atoms with van der Waals surface area (Å²) >= 11 is 0. The summed E-state index contributed by atoms with van der Waals surface area (Å²) in [6, 6.07) is 0. The Bertz CT molecular complexity index is 113. The Morgan fingerprint density at radius 1 is 1.89 bits per heavy atom. The maximum absolute atomic E-state index is 7.06. The summed E-state index contributed by atoms with van der Waals surface area (Å²) in [5, 5.41) is 7.06. The van der Waals surface area contributed by atoms with Crippen LogP contribution in [0.15, 0.2) is 4.99 Å². The predicted molar refractivity (Wildman–Crippen MR) is 36.9 cm³/mol. The standard InChI is InChI=1S/C5H11N3O/c1-7-5(6)8(2)4-9-3/h6H,1,4H2,2-3H3. The molecule has 9 heavy (non-hydrogen) atoms. The van der Waals surface area contributed by atoms with Gasteiger partial charge >= 0.3 is 0 Å². The van der Waals surface area contributed by atoms with E-state index < -0.39 is 0 Å². The first-order valence-electron chi connectivity index (χ1n) is 2.47. The zero-order valence-corrected chi connectivity index (χ0v) is 5.72. The van der Waals surface area contributed by atoms with Gasteiger partial charge in [0.25, 0.3) is 0 Å². The lowest BCUT2D eigenvalue weighted by Gasteiger charge is -2.13. The molecule has 0 aromatic heterocycles. The van der Waals surface area contributed by atoms with Crippen LogP contribution in [0.2, 0.25) is 0 Å². The first-order chi connectivity index (χ1) is 4.22. The van der Waals surface area contributed by atoms with Crippen LogP contribution in [0, 0.1) is 5.41 Å². The molecule has 0 aromatic rings. The SMILES string of the molecule is C=NC(=N)N(C)COC. The first-order valence-corrected chi connectivity index (χ1v) is 2.47. The Hall–Kier alpha value is -0.900. The third-order valence-electron chi connectivity index (χ3n) is 0.834. The van der Waals surface area contributed by atoms with Gasteiger partial charge in [0.1, 0.15) is 6.73 Å². The van der Waals surface area contributed by atoms with E-state index >= 15 is 0 Å². The van der Waals surface area contributed by atoms with Crippen molar-refractivity contribution in [3.63, 3.8) is 0 Å². The van der Waals surface area contributed by atoms with Crippen molar-refractivity contribution in [3.05, 3.63) is 0 Å². The predicted octanol–water partition coefficient (Wildman–Crippen LogP) is 0.157. The number of hydrogen-bond acceptors (Lipinski definition) is 2. The summed E-state index contributed by atoms with van der Waals surface area (Å²) in [6.45, 7) is 3.57. The highest BCUT2D eigenvalue weighted by molar-refractivity contribution is 5.80. The fourth-order valence-corrected chi connectivity index (χ4v) is 0.376. The van der Waals surface area contributed by atoms with E-state index in [1.807, 2.05) is 0 Å². The van der Waals surface area contributed by atoms with Crippen LogP contribution in [-0.2, 0) is 4.74 Å². The van der Waals surface area contributed by atoms with Crippen LogP contribution in [0.4, 0.5) is 0 Å². The number of methoxy groups -OCH3 is 1. The average molecular weight is 129 g/mol. The third-order valence-corrected chi connectivity index (χ3v) is 0.834. The topological polar surface area (TPSA) is 48.7 Å². The average Bonchev–Trinajstić information content (AvgIpc) is 1.87. The van der Waals surface area contributed by atoms with Crippen molar-refractivity contribution in [1.29, 1.82) is 5.41 Å². The molecule has 4 heteroatoms. The Morgan fingerprint density at radius 3 is 2.78 bits per heavy atom. The van der Waals surface area contributed by atoms with Crippen LogP contribution in [0.3, 0.4) is 0 Å². The van der Waals surface area contributed by atoms with Gasteiger partial charge in [-0.05, 0) is 6.72 Å². The van der Waals surface area contributed by atoms with Crippen LogP contribution in [0.5, 0.6) is 0 Å². The molecule has 0 aliphatic carbocycles. The maximum atomic E-state index is 7.06. The molecule has 1 N–H and O–H groups in total. The van der Waals surface area contributed by atoms with Gasteiger partial charge in [0, 0.05) is 14.2 Å². The number of aliphatic imine (C=N–C) groups is 1. The van der Waals surface area contributed by atoms with Gasteiger partial charge in [-0.25, -0.2) is 4.99 Å². The van der Waals surface area contributed by atoms with Crippen LogP contribution < -0.4 is 0 Å². The summed E-state index contributed by atoms with van der Waals surface area (Å²) in [5.74, 6) is 0.122. The Morgan fingerprint density at radius 2 is 2.44 bits per heavy atom. The molecule has 0 atom stereocenters. The van der Waals surface area contributed by atoms with Gasteiger partial charge in [-0.3, -0.25) is 5.41 Å². The quantitative estimate of drug-likeness (QED) is 0.328. The molecule has 0 saturated carbocycles. The molecule has 0 heterocycles. The van der Waals surface area contributed by atoms with Crippen molar-refractivity contribution in [1.82, 2.24) is 4.90 Å². The monoisotopic (exact) mass is 129 g/mol. The second-order valence-electron chi connectivity index (χ2n) is 1.60. The third kappa shape index (κ3) is 2.81. The minimum atomic E-state index is 0.122. The highest BCUT2D eigenvalue weighted by Crippen LogP contribution is 1.83. The fourth-order valence-electron chi connectivity index (χ4n) is 0.376. The first kappa shape index (κ1) is 8.10. The Labute approximate surface area is 54.7 Å². The summed E-state index contributed by atoms with van der Waals surface area (Å²) in [6.07, 6.45) is 0. The molecule has 0 bridgehead atoms. The van der Waals surface area contributed by atoms with Crippen LogP contribution in [0.1, 0.15) is 0 Å². The molecule has 4 nitrogen and oxygen atoms in total. The van der Waals surface area contributed by atoms with Gasteiger partial charge in [0.15, 0.2) is 0 Å². The Balaban J connectivity index is 3.58. The lowest BCUT2D eigenvalue weighted by Crippen LogP contribution is -2.25. The van der Waals surface area contributed by atoms with Crippen molar-refractivity contribution < 1.29 is 4.74 Å². The van der Waals surface area contributed by atoms with Crippen LogP contribution >= 0.6 is 0 Å². The molecule has 0 aliphatic heterocycles. The van der Waals surface area contributed by atoms with Crippen molar-refractivity contribution in [2.75, 3.05) is 20.9 Å². The van der Waals surface area contributed by atoms with E-state index in [2.05, 4.69) is 11.7 Å². The number of guanidine groups is 1. The molecular formula is C5H11N3O. The van der Waals surface area contributed by atoms with E-state index in [0.29, 0.717) is 6.73 Å². The highest BCUT2D eigenvalue weighted by Gasteiger charge is 1.97. The lowest BCUT2D eigenvalue weighted by molar-refractivity contribution is 0.123. The van der Waals surface area contributed by atoms with Crippen LogP contribution in [-0.4, -0.2) is 38.5 Å². The summed E-state index contributed by atoms with van der Waals surface area (Å²) in [4.78, 5) is 4.92. The maximum Gasteiger partial charge on any atom is 0.218 e. The molecule has 0 aromatic carbocycles. The highest BCUT2D eigenvalue weighted by atomic mass is 16.5. The van der Waals surface area contributed by atoms with Gasteiger partial charge in [0.2, 0.25) is 5.96 Å². The van der Waals surface area contributed by atoms with Gasteiger partial charge in [-0.2, -0.15) is 0 Å². The minimum absolute atomic E-state index is 0.122. The molecule has 0 radical (unpaired) electrons. The number of rotatable bonds is 2. The zero-order chi connectivity index (χ0) is 7.28. The Kier molecular flexibility index (Phi) is 3.62. The molecule has 52 valence electrons. The smallest absolute Gasteiger partial charge is 0.218 e. The molecule has 0 rings (SSSR count). The largest absolute Gasteiger partial charge is 0.364 e. The fraction of sp³-hybridized carbons (Fsp3) is 0.600. The molecule has 0 unspecified atom stereocenters. The van der Waals surface area contributed by atoms with E-state index in [-0.39, 0.29) is 5.96 Å². The van der Waals surface area contributed by atoms with Gasteiger partial charge in [-0.1, -0.05) is 0 Å². The molecule has 0 amide bonds. The zero-order valence-electron chi connectivity index (χ0n) is 5.72. The number of nitrogens with zero attached hydrogens (tertiary/aromatic N) is 2. The summed E-state index contributed by atoms with van der Waals surface area (Å²) in [5.41, 5.74) is 0. The normalized spacial score (nSPS) is 8.67. The van der Waals surface area contributed by atoms with Crippen molar-refractivity contribution >= 4 is 12.7 Å². The summed E-state index contributed by atoms with van der Waals surface area (Å²) in [7, 11) is 3.27. The van der Waals surface area contributed by atoms with Gasteiger partial charge < -0.3 is 9.64 Å². The van der Waals surface area contributed by atoms with E-state index in [4.69, 9.17) is 10.1 Å². The van der Waals surface area contributed by atoms with Gasteiger partial charge in [0.05, 0.1) is 0 Å². The van der Waals surface area contributed by atoms with E-state index in [0.717, 1.165) is 0 Å². The van der Waals surface area contributed by atoms with Crippen molar-refractivity contribution in [3.8, 4) is 0 Å². The number of nitrogens with one attached hydrogen (secondary N) is 1. The second kappa shape index (κ2) is 4.03. The number of ether oxygens (including phenoxy) is 1.